The van der Waals surface area contributed by atoms with Crippen molar-refractivity contribution in [2.75, 3.05) is 12.3 Å². The van der Waals surface area contributed by atoms with E-state index in [4.69, 9.17) is 11.6 Å². The predicted molar refractivity (Wildman–Crippen MR) is 112 cm³/mol. The Labute approximate surface area is 168 Å². The van der Waals surface area contributed by atoms with Crippen molar-refractivity contribution in [2.45, 2.75) is 23.1 Å². The molecule has 1 heterocycles. The average molecular weight is 416 g/mol. The van der Waals surface area contributed by atoms with E-state index < -0.39 is 10.0 Å². The molecule has 5 rings (SSSR count). The number of rotatable bonds is 3. The quantitative estimate of drug-likeness (QED) is 0.602. The van der Waals surface area contributed by atoms with Crippen molar-refractivity contribution in [3.63, 3.8) is 0 Å². The molecule has 1 saturated heterocycles. The van der Waals surface area contributed by atoms with E-state index in [1.54, 1.807) is 40.3 Å². The summed E-state index contributed by atoms with van der Waals surface area (Å²) in [5.74, 6) is 0.792. The smallest absolute Gasteiger partial charge is 0.207 e. The minimum absolute atomic E-state index is 0.199. The van der Waals surface area contributed by atoms with E-state index in [1.807, 2.05) is 0 Å². The van der Waals surface area contributed by atoms with Crippen molar-refractivity contribution in [1.29, 1.82) is 0 Å². The van der Waals surface area contributed by atoms with Crippen LogP contribution in [-0.4, -0.2) is 25.0 Å². The fourth-order valence-corrected chi connectivity index (χ4v) is 7.57. The van der Waals surface area contributed by atoms with Gasteiger partial charge in [0, 0.05) is 17.3 Å². The highest BCUT2D eigenvalue weighted by atomic mass is 35.5. The van der Waals surface area contributed by atoms with E-state index in [2.05, 4.69) is 30.3 Å². The Morgan fingerprint density at radius 1 is 0.963 bits per heavy atom. The Bertz CT molecular complexity index is 1130. The maximum Gasteiger partial charge on any atom is 0.244 e. The standard InChI is InChI=1S/C21H18ClNO2S2/c22-16-7-9-17(10-8-16)27(24,25)23-12-13-26-21(23)19-11-6-15-5-4-14-2-1-3-18(19)20(14)15/h1-3,6-11,21H,4-5,12-13H2/t21-/m0/s1. The SMILES string of the molecule is O=S(=O)(c1ccc(Cl)cc1)N1CCS[C@H]1c1ccc2c3c(cccc13)CC2. The Morgan fingerprint density at radius 3 is 2.48 bits per heavy atom. The molecule has 6 heteroatoms. The summed E-state index contributed by atoms with van der Waals surface area (Å²) in [7, 11) is -3.57. The van der Waals surface area contributed by atoms with Crippen molar-refractivity contribution in [3.8, 4) is 0 Å². The average Bonchev–Trinajstić information content (AvgIpc) is 3.32. The van der Waals surface area contributed by atoms with Crippen LogP contribution in [0.25, 0.3) is 10.8 Å². The van der Waals surface area contributed by atoms with Crippen molar-refractivity contribution >= 4 is 44.2 Å². The lowest BCUT2D eigenvalue weighted by atomic mass is 10.00. The van der Waals surface area contributed by atoms with Crippen LogP contribution in [0.5, 0.6) is 0 Å². The molecule has 3 aromatic rings. The Morgan fingerprint density at radius 2 is 1.70 bits per heavy atom. The normalized spacial score (nSPS) is 19.8. The van der Waals surface area contributed by atoms with Crippen LogP contribution in [0.1, 0.15) is 22.1 Å². The van der Waals surface area contributed by atoms with Crippen LogP contribution in [0, 0.1) is 0 Å². The fraction of sp³-hybridized carbons (Fsp3) is 0.238. The van der Waals surface area contributed by atoms with Gasteiger partial charge in [0.1, 0.15) is 0 Å². The summed E-state index contributed by atoms with van der Waals surface area (Å²) < 4.78 is 28.2. The number of hydrogen-bond donors (Lipinski definition) is 0. The van der Waals surface area contributed by atoms with E-state index in [0.717, 1.165) is 24.2 Å². The molecule has 0 saturated carbocycles. The number of sulfonamides is 1. The van der Waals surface area contributed by atoms with Crippen LogP contribution in [0.4, 0.5) is 0 Å². The zero-order valence-corrected chi connectivity index (χ0v) is 16.9. The first-order valence-electron chi connectivity index (χ1n) is 8.98. The second-order valence-electron chi connectivity index (χ2n) is 6.95. The molecule has 138 valence electrons. The lowest BCUT2D eigenvalue weighted by Gasteiger charge is -2.25. The second-order valence-corrected chi connectivity index (χ2v) is 10.5. The highest BCUT2D eigenvalue weighted by Gasteiger charge is 2.38. The van der Waals surface area contributed by atoms with Gasteiger partial charge in [-0.15, -0.1) is 11.8 Å². The number of aryl methyl sites for hydroxylation is 2. The molecular formula is C21H18ClNO2S2. The summed E-state index contributed by atoms with van der Waals surface area (Å²) >= 11 is 7.63. The highest BCUT2D eigenvalue weighted by molar-refractivity contribution is 8.01. The summed E-state index contributed by atoms with van der Waals surface area (Å²) in [5, 5.41) is 2.86. The Kier molecular flexibility index (Phi) is 4.24. The van der Waals surface area contributed by atoms with Gasteiger partial charge in [-0.1, -0.05) is 41.9 Å². The molecular weight excluding hydrogens is 398 g/mol. The van der Waals surface area contributed by atoms with E-state index in [9.17, 15) is 8.42 Å². The molecule has 1 fully saturated rings. The Hall–Kier alpha value is -1.53. The zero-order chi connectivity index (χ0) is 18.6. The van der Waals surface area contributed by atoms with Gasteiger partial charge in [0.25, 0.3) is 0 Å². The van der Waals surface area contributed by atoms with Gasteiger partial charge in [-0.2, -0.15) is 4.31 Å². The molecule has 3 nitrogen and oxygen atoms in total. The molecule has 0 amide bonds. The van der Waals surface area contributed by atoms with Crippen LogP contribution >= 0.6 is 23.4 Å². The van der Waals surface area contributed by atoms with Gasteiger partial charge in [0.2, 0.25) is 10.0 Å². The lowest BCUT2D eigenvalue weighted by molar-refractivity contribution is 0.435. The fourth-order valence-electron chi connectivity index (χ4n) is 4.17. The summed E-state index contributed by atoms with van der Waals surface area (Å²) in [5.41, 5.74) is 3.84. The third kappa shape index (κ3) is 2.80. The molecule has 0 bridgehead atoms. The van der Waals surface area contributed by atoms with E-state index in [0.29, 0.717) is 16.5 Å². The maximum atomic E-state index is 13.3. The highest BCUT2D eigenvalue weighted by Crippen LogP contribution is 2.45. The number of thioether (sulfide) groups is 1. The topological polar surface area (TPSA) is 37.4 Å². The molecule has 3 aromatic carbocycles. The number of halogens is 1. The van der Waals surface area contributed by atoms with E-state index >= 15 is 0 Å². The molecule has 0 N–H and O–H groups in total. The largest absolute Gasteiger partial charge is 0.244 e. The van der Waals surface area contributed by atoms with Crippen LogP contribution in [0.3, 0.4) is 0 Å². The van der Waals surface area contributed by atoms with Crippen LogP contribution in [0.2, 0.25) is 5.02 Å². The first kappa shape index (κ1) is 17.6. The molecule has 1 aliphatic carbocycles. The van der Waals surface area contributed by atoms with Crippen LogP contribution in [-0.2, 0) is 22.9 Å². The van der Waals surface area contributed by atoms with Gasteiger partial charge in [-0.25, -0.2) is 8.42 Å². The molecule has 0 radical (unpaired) electrons. The molecule has 1 aliphatic heterocycles. The second kappa shape index (κ2) is 6.52. The van der Waals surface area contributed by atoms with Crippen molar-refractivity contribution in [3.05, 3.63) is 76.3 Å². The van der Waals surface area contributed by atoms with Crippen LogP contribution < -0.4 is 0 Å². The van der Waals surface area contributed by atoms with Gasteiger partial charge in [0.15, 0.2) is 0 Å². The number of hydrogen-bond acceptors (Lipinski definition) is 3. The Balaban J connectivity index is 1.62. The molecule has 0 aromatic heterocycles. The minimum Gasteiger partial charge on any atom is -0.207 e. The van der Waals surface area contributed by atoms with Crippen molar-refractivity contribution < 1.29 is 8.42 Å². The number of benzene rings is 3. The molecule has 0 unspecified atom stereocenters. The summed E-state index contributed by atoms with van der Waals surface area (Å²) in [6.07, 6.45) is 2.14. The molecule has 0 spiro atoms. The lowest BCUT2D eigenvalue weighted by Crippen LogP contribution is -2.30. The summed E-state index contributed by atoms with van der Waals surface area (Å²) in [6, 6.07) is 17.2. The van der Waals surface area contributed by atoms with Gasteiger partial charge in [0.05, 0.1) is 10.3 Å². The number of nitrogens with zero attached hydrogens (tertiary/aromatic N) is 1. The third-order valence-electron chi connectivity index (χ3n) is 5.45. The van der Waals surface area contributed by atoms with E-state index in [1.165, 1.54) is 21.9 Å². The van der Waals surface area contributed by atoms with E-state index in [-0.39, 0.29) is 5.37 Å². The molecule has 2 aliphatic rings. The monoisotopic (exact) mass is 415 g/mol. The zero-order valence-electron chi connectivity index (χ0n) is 14.6. The third-order valence-corrected chi connectivity index (χ3v) is 8.95. The first-order valence-corrected chi connectivity index (χ1v) is 11.8. The van der Waals surface area contributed by atoms with Gasteiger partial charge < -0.3 is 0 Å². The maximum absolute atomic E-state index is 13.3. The summed E-state index contributed by atoms with van der Waals surface area (Å²) in [4.78, 5) is 0.297. The molecule has 1 atom stereocenters. The summed E-state index contributed by atoms with van der Waals surface area (Å²) in [6.45, 7) is 0.517. The van der Waals surface area contributed by atoms with Gasteiger partial charge in [-0.3, -0.25) is 0 Å². The predicted octanol–water partition coefficient (Wildman–Crippen LogP) is 5.03. The molecule has 27 heavy (non-hydrogen) atoms. The minimum atomic E-state index is -3.57. The van der Waals surface area contributed by atoms with Crippen LogP contribution in [0.15, 0.2) is 59.5 Å². The van der Waals surface area contributed by atoms with Gasteiger partial charge in [-0.05, 0) is 64.6 Å². The van der Waals surface area contributed by atoms with Crippen molar-refractivity contribution in [1.82, 2.24) is 4.31 Å². The first-order chi connectivity index (χ1) is 13.1. The van der Waals surface area contributed by atoms with Crippen molar-refractivity contribution in [2.24, 2.45) is 0 Å². The van der Waals surface area contributed by atoms with Gasteiger partial charge >= 0.3 is 0 Å².